The molecule has 5 nitrogen and oxygen atoms in total. The Morgan fingerprint density at radius 3 is 2.46 bits per heavy atom. The van der Waals surface area contributed by atoms with Gasteiger partial charge >= 0.3 is 0 Å². The molecule has 0 spiro atoms. The third kappa shape index (κ3) is 4.91. The Labute approximate surface area is 149 Å². The topological polar surface area (TPSA) is 67.4 Å². The minimum Gasteiger partial charge on any atom is -0.383 e. The van der Waals surface area contributed by atoms with Gasteiger partial charge in [-0.2, -0.15) is 0 Å². The smallest absolute Gasteiger partial charge is 0.255 e. The summed E-state index contributed by atoms with van der Waals surface area (Å²) in [7, 11) is 1.57. The summed E-state index contributed by atoms with van der Waals surface area (Å²) in [6, 6.07) is 12.2. The molecule has 2 N–H and O–H groups in total. The molecule has 0 saturated carbocycles. The van der Waals surface area contributed by atoms with Crippen LogP contribution in [0.25, 0.3) is 0 Å². The van der Waals surface area contributed by atoms with Gasteiger partial charge < -0.3 is 15.4 Å². The third-order valence-electron chi connectivity index (χ3n) is 3.41. The molecule has 0 radical (unpaired) electrons. The van der Waals surface area contributed by atoms with Gasteiger partial charge in [-0.15, -0.1) is 0 Å². The minimum atomic E-state index is -0.266. The van der Waals surface area contributed by atoms with E-state index >= 15 is 0 Å². The van der Waals surface area contributed by atoms with Crippen LogP contribution in [0.15, 0.2) is 46.9 Å². The van der Waals surface area contributed by atoms with Gasteiger partial charge in [-0.05, 0) is 42.8 Å². The van der Waals surface area contributed by atoms with Crippen molar-refractivity contribution in [3.63, 3.8) is 0 Å². The molecule has 2 aromatic rings. The molecular formula is C18H19BrN2O3. The molecule has 126 valence electrons. The molecule has 0 atom stereocenters. The Bertz CT molecular complexity index is 747. The van der Waals surface area contributed by atoms with E-state index in [1.54, 1.807) is 31.4 Å². The molecule has 0 aliphatic carbocycles. The van der Waals surface area contributed by atoms with Crippen LogP contribution in [-0.2, 0) is 4.74 Å². The zero-order chi connectivity index (χ0) is 17.5. The largest absolute Gasteiger partial charge is 0.383 e. The van der Waals surface area contributed by atoms with Crippen LogP contribution in [0.5, 0.6) is 0 Å². The van der Waals surface area contributed by atoms with E-state index in [9.17, 15) is 9.59 Å². The molecule has 0 heterocycles. The fourth-order valence-electron chi connectivity index (χ4n) is 2.04. The van der Waals surface area contributed by atoms with E-state index in [1.165, 1.54) is 0 Å². The Morgan fingerprint density at radius 2 is 1.79 bits per heavy atom. The summed E-state index contributed by atoms with van der Waals surface area (Å²) in [4.78, 5) is 24.4. The van der Waals surface area contributed by atoms with Crippen molar-refractivity contribution in [3.8, 4) is 0 Å². The van der Waals surface area contributed by atoms with Gasteiger partial charge in [0.05, 0.1) is 6.61 Å². The number of hydrogen-bond acceptors (Lipinski definition) is 3. The van der Waals surface area contributed by atoms with E-state index in [0.717, 1.165) is 10.0 Å². The van der Waals surface area contributed by atoms with Crippen molar-refractivity contribution >= 4 is 33.4 Å². The Kier molecular flexibility index (Phi) is 6.52. The molecule has 2 rings (SSSR count). The molecule has 0 unspecified atom stereocenters. The second kappa shape index (κ2) is 8.61. The number of benzene rings is 2. The van der Waals surface area contributed by atoms with Crippen molar-refractivity contribution in [2.45, 2.75) is 6.92 Å². The van der Waals surface area contributed by atoms with Crippen LogP contribution >= 0.6 is 15.9 Å². The van der Waals surface area contributed by atoms with Crippen molar-refractivity contribution in [2.75, 3.05) is 25.6 Å². The van der Waals surface area contributed by atoms with Gasteiger partial charge in [0.1, 0.15) is 0 Å². The van der Waals surface area contributed by atoms with Crippen LogP contribution < -0.4 is 10.6 Å². The highest BCUT2D eigenvalue weighted by Crippen LogP contribution is 2.21. The number of aryl methyl sites for hydroxylation is 1. The highest BCUT2D eigenvalue weighted by Gasteiger charge is 2.11. The summed E-state index contributed by atoms with van der Waals surface area (Å²) in [5, 5.41) is 5.55. The molecule has 24 heavy (non-hydrogen) atoms. The molecule has 6 heteroatoms. The molecule has 0 saturated heterocycles. The first-order valence-electron chi connectivity index (χ1n) is 7.46. The molecule has 2 aromatic carbocycles. The summed E-state index contributed by atoms with van der Waals surface area (Å²) in [5.74, 6) is -0.503. The van der Waals surface area contributed by atoms with Crippen LogP contribution in [-0.4, -0.2) is 32.1 Å². The van der Waals surface area contributed by atoms with Gasteiger partial charge in [0, 0.05) is 34.9 Å². The van der Waals surface area contributed by atoms with Crippen molar-refractivity contribution in [2.24, 2.45) is 0 Å². The van der Waals surface area contributed by atoms with Crippen molar-refractivity contribution in [1.82, 2.24) is 5.32 Å². The highest BCUT2D eigenvalue weighted by molar-refractivity contribution is 9.10. The molecule has 2 amide bonds. The molecule has 0 bridgehead atoms. The maximum Gasteiger partial charge on any atom is 0.255 e. The lowest BCUT2D eigenvalue weighted by molar-refractivity contribution is 0.0937. The summed E-state index contributed by atoms with van der Waals surface area (Å²) >= 11 is 3.44. The summed E-state index contributed by atoms with van der Waals surface area (Å²) in [6.45, 7) is 2.83. The molecule has 0 aliphatic rings. The fraction of sp³-hybridized carbons (Fsp3) is 0.222. The molecular weight excluding hydrogens is 372 g/mol. The number of rotatable bonds is 6. The van der Waals surface area contributed by atoms with Crippen LogP contribution in [0, 0.1) is 6.92 Å². The van der Waals surface area contributed by atoms with Gasteiger partial charge in [-0.25, -0.2) is 0 Å². The van der Waals surface area contributed by atoms with E-state index < -0.39 is 0 Å². The zero-order valence-electron chi connectivity index (χ0n) is 13.6. The SMILES string of the molecule is COCCNC(=O)c1cccc(C(=O)Nc2ccc(C)c(Br)c2)c1. The average Bonchev–Trinajstić information content (AvgIpc) is 2.58. The van der Waals surface area contributed by atoms with Gasteiger partial charge in [0.25, 0.3) is 11.8 Å². The van der Waals surface area contributed by atoms with Crippen molar-refractivity contribution in [1.29, 1.82) is 0 Å². The molecule has 0 aliphatic heterocycles. The number of anilines is 1. The Balaban J connectivity index is 2.08. The van der Waals surface area contributed by atoms with Crippen LogP contribution in [0.3, 0.4) is 0 Å². The van der Waals surface area contributed by atoms with E-state index in [-0.39, 0.29) is 11.8 Å². The second-order valence-electron chi connectivity index (χ2n) is 5.25. The standard InChI is InChI=1S/C18H19BrN2O3/c1-12-6-7-15(11-16(12)19)21-18(23)14-5-3-4-13(10-14)17(22)20-8-9-24-2/h3-7,10-11H,8-9H2,1-2H3,(H,20,22)(H,21,23). The maximum atomic E-state index is 12.4. The van der Waals surface area contributed by atoms with Crippen LogP contribution in [0.4, 0.5) is 5.69 Å². The predicted molar refractivity (Wildman–Crippen MR) is 97.5 cm³/mol. The monoisotopic (exact) mass is 390 g/mol. The third-order valence-corrected chi connectivity index (χ3v) is 4.26. The summed E-state index contributed by atoms with van der Waals surface area (Å²) in [6.07, 6.45) is 0. The fourth-order valence-corrected chi connectivity index (χ4v) is 2.42. The normalized spacial score (nSPS) is 10.3. The predicted octanol–water partition coefficient (Wildman–Crippen LogP) is 3.39. The van der Waals surface area contributed by atoms with Crippen molar-refractivity contribution < 1.29 is 14.3 Å². The summed E-state index contributed by atoms with van der Waals surface area (Å²) < 4.78 is 5.81. The van der Waals surface area contributed by atoms with E-state index in [0.29, 0.717) is 30.0 Å². The van der Waals surface area contributed by atoms with Crippen LogP contribution in [0.2, 0.25) is 0 Å². The van der Waals surface area contributed by atoms with Gasteiger partial charge in [-0.3, -0.25) is 9.59 Å². The zero-order valence-corrected chi connectivity index (χ0v) is 15.1. The average molecular weight is 391 g/mol. The minimum absolute atomic E-state index is 0.236. The highest BCUT2D eigenvalue weighted by atomic mass is 79.9. The number of methoxy groups -OCH3 is 1. The number of ether oxygens (including phenoxy) is 1. The maximum absolute atomic E-state index is 12.4. The number of nitrogens with one attached hydrogen (secondary N) is 2. The number of carbonyl (C=O) groups is 2. The van der Waals surface area contributed by atoms with E-state index in [4.69, 9.17) is 4.74 Å². The molecule has 0 fully saturated rings. The van der Waals surface area contributed by atoms with E-state index in [2.05, 4.69) is 26.6 Å². The van der Waals surface area contributed by atoms with Gasteiger partial charge in [0.15, 0.2) is 0 Å². The van der Waals surface area contributed by atoms with Gasteiger partial charge in [0.2, 0.25) is 0 Å². The van der Waals surface area contributed by atoms with Crippen molar-refractivity contribution in [3.05, 3.63) is 63.6 Å². The number of hydrogen-bond donors (Lipinski definition) is 2. The lowest BCUT2D eigenvalue weighted by atomic mass is 10.1. The quantitative estimate of drug-likeness (QED) is 0.742. The van der Waals surface area contributed by atoms with E-state index in [1.807, 2.05) is 25.1 Å². The second-order valence-corrected chi connectivity index (χ2v) is 6.10. The van der Waals surface area contributed by atoms with Gasteiger partial charge in [-0.1, -0.05) is 28.1 Å². The first kappa shape index (κ1) is 18.2. The summed E-state index contributed by atoms with van der Waals surface area (Å²) in [5.41, 5.74) is 2.63. The number of amides is 2. The lowest BCUT2D eigenvalue weighted by Gasteiger charge is -2.09. The lowest BCUT2D eigenvalue weighted by Crippen LogP contribution is -2.27. The Morgan fingerprint density at radius 1 is 1.08 bits per heavy atom. The number of carbonyl (C=O) groups excluding carboxylic acids is 2. The first-order chi connectivity index (χ1) is 11.5. The first-order valence-corrected chi connectivity index (χ1v) is 8.25. The van der Waals surface area contributed by atoms with Crippen LogP contribution in [0.1, 0.15) is 26.3 Å². The number of halogens is 1. The Hall–Kier alpha value is -2.18. The molecule has 0 aromatic heterocycles.